The van der Waals surface area contributed by atoms with Gasteiger partial charge in [-0.1, -0.05) is 71.4 Å². The number of rotatable bonds is 8. The van der Waals surface area contributed by atoms with Gasteiger partial charge in [-0.3, -0.25) is 4.79 Å². The van der Waals surface area contributed by atoms with E-state index in [9.17, 15) is 4.79 Å². The second-order valence-corrected chi connectivity index (χ2v) is 10.2. The zero-order valence-corrected chi connectivity index (χ0v) is 23.4. The van der Waals surface area contributed by atoms with Gasteiger partial charge in [-0.15, -0.1) is 6.58 Å². The van der Waals surface area contributed by atoms with E-state index in [-0.39, 0.29) is 5.91 Å². The van der Waals surface area contributed by atoms with Gasteiger partial charge in [0.15, 0.2) is 17.0 Å². The number of nitrogens with zero attached hydrogens (tertiary/aromatic N) is 7. The molecule has 0 aliphatic carbocycles. The summed E-state index contributed by atoms with van der Waals surface area (Å²) in [6.45, 7) is 8.86. The first-order valence-electron chi connectivity index (χ1n) is 13.4. The molecule has 1 amide bonds. The van der Waals surface area contributed by atoms with Crippen LogP contribution in [0.1, 0.15) is 21.7 Å². The molecule has 0 atom stereocenters. The number of carbonyl (C=O) groups excluding carboxylic acids is 1. The first kappa shape index (κ1) is 26.5. The van der Waals surface area contributed by atoms with Gasteiger partial charge in [0.2, 0.25) is 5.95 Å². The number of aromatic nitrogens is 5. The third kappa shape index (κ3) is 5.26. The molecule has 5 aromatic rings. The highest BCUT2D eigenvalue weighted by atomic mass is 35.5. The summed E-state index contributed by atoms with van der Waals surface area (Å²) in [6.07, 6.45) is 3.58. The fourth-order valence-corrected chi connectivity index (χ4v) is 5.22. The van der Waals surface area contributed by atoms with Gasteiger partial charge in [0.1, 0.15) is 17.0 Å². The molecule has 4 heterocycles. The molecule has 1 aliphatic heterocycles. The van der Waals surface area contributed by atoms with Crippen LogP contribution < -0.4 is 10.2 Å². The van der Waals surface area contributed by atoms with E-state index in [1.165, 1.54) is 0 Å². The van der Waals surface area contributed by atoms with Crippen molar-refractivity contribution in [3.63, 3.8) is 0 Å². The Morgan fingerprint density at radius 1 is 1.07 bits per heavy atom. The molecule has 11 heteroatoms. The fraction of sp³-hybridized carbons (Fsp3) is 0.233. The lowest BCUT2D eigenvalue weighted by Gasteiger charge is -2.34. The Kier molecular flexibility index (Phi) is 7.39. The van der Waals surface area contributed by atoms with Crippen molar-refractivity contribution < 1.29 is 9.32 Å². The van der Waals surface area contributed by atoms with E-state index in [0.717, 1.165) is 11.2 Å². The third-order valence-corrected chi connectivity index (χ3v) is 7.45. The number of fused-ring (bicyclic) bond motifs is 1. The Balaban J connectivity index is 1.24. The summed E-state index contributed by atoms with van der Waals surface area (Å²) in [6, 6.07) is 17.5. The van der Waals surface area contributed by atoms with Gasteiger partial charge in [0.25, 0.3) is 5.91 Å². The molecule has 1 saturated heterocycles. The number of imidazole rings is 1. The van der Waals surface area contributed by atoms with Gasteiger partial charge in [0.05, 0.1) is 17.9 Å². The van der Waals surface area contributed by atoms with Crippen molar-refractivity contribution in [2.45, 2.75) is 13.5 Å². The van der Waals surface area contributed by atoms with Crippen LogP contribution in [0, 0.1) is 6.92 Å². The summed E-state index contributed by atoms with van der Waals surface area (Å²) in [5, 5.41) is 7.98. The minimum absolute atomic E-state index is 0.135. The van der Waals surface area contributed by atoms with Crippen LogP contribution in [0.2, 0.25) is 5.02 Å². The van der Waals surface area contributed by atoms with Crippen molar-refractivity contribution in [1.29, 1.82) is 0 Å². The maximum absolute atomic E-state index is 13.7. The number of hydrogen-bond donors (Lipinski definition) is 1. The van der Waals surface area contributed by atoms with Crippen molar-refractivity contribution in [3.8, 4) is 11.3 Å². The Morgan fingerprint density at radius 3 is 2.59 bits per heavy atom. The smallest absolute Gasteiger partial charge is 0.259 e. The number of halogens is 1. The summed E-state index contributed by atoms with van der Waals surface area (Å²) in [5.41, 5.74) is 4.16. The molecule has 0 unspecified atom stereocenters. The molecule has 10 nitrogen and oxygen atoms in total. The lowest BCUT2D eigenvalue weighted by molar-refractivity contribution is 0.0745. The summed E-state index contributed by atoms with van der Waals surface area (Å²) in [5.74, 6) is 1.57. The van der Waals surface area contributed by atoms with Gasteiger partial charge >= 0.3 is 0 Å². The predicted octanol–water partition coefficient (Wildman–Crippen LogP) is 5.05. The number of piperazine rings is 1. The van der Waals surface area contributed by atoms with Crippen molar-refractivity contribution in [2.75, 3.05) is 42.9 Å². The first-order chi connectivity index (χ1) is 20.0. The zero-order chi connectivity index (χ0) is 28.3. The van der Waals surface area contributed by atoms with Gasteiger partial charge in [-0.25, -0.2) is 4.98 Å². The highest BCUT2D eigenvalue weighted by molar-refractivity contribution is 6.33. The summed E-state index contributed by atoms with van der Waals surface area (Å²) in [4.78, 5) is 31.9. The molecule has 0 saturated carbocycles. The summed E-state index contributed by atoms with van der Waals surface area (Å²) >= 11 is 6.41. The van der Waals surface area contributed by atoms with Crippen LogP contribution in [0.25, 0.3) is 22.4 Å². The monoisotopic (exact) mass is 568 g/mol. The number of hydrogen-bond acceptors (Lipinski definition) is 8. The van der Waals surface area contributed by atoms with Crippen molar-refractivity contribution in [3.05, 3.63) is 95.5 Å². The normalized spacial score (nSPS) is 13.5. The van der Waals surface area contributed by atoms with Crippen LogP contribution in [-0.4, -0.2) is 68.2 Å². The summed E-state index contributed by atoms with van der Waals surface area (Å²) in [7, 11) is 0. The maximum atomic E-state index is 13.7. The molecule has 2 aromatic carbocycles. The van der Waals surface area contributed by atoms with Gasteiger partial charge < -0.3 is 24.2 Å². The Bertz CT molecular complexity index is 1710. The van der Waals surface area contributed by atoms with Gasteiger partial charge in [-0.2, -0.15) is 9.97 Å². The van der Waals surface area contributed by atoms with Crippen LogP contribution in [-0.2, 0) is 6.54 Å². The summed E-state index contributed by atoms with van der Waals surface area (Å²) < 4.78 is 7.46. The standard InChI is InChI=1S/C30H29ClN8O2/c1-3-13-32-27-26-28(39(19-33-26)18-21-9-5-4-6-10-21)35-30(34-27)38-16-14-37(15-17-38)29(40)24-20(2)41-36-25(24)22-11-7-8-12-23(22)31/h3-12,19H,1,13-18H2,2H3,(H,32,34,35). The number of nitrogens with one attached hydrogen (secondary N) is 1. The topological polar surface area (TPSA) is 105 Å². The molecule has 0 spiro atoms. The number of carbonyl (C=O) groups is 1. The minimum atomic E-state index is -0.135. The number of aryl methyl sites for hydroxylation is 1. The fourth-order valence-electron chi connectivity index (χ4n) is 4.99. The van der Waals surface area contributed by atoms with Crippen molar-refractivity contribution in [2.24, 2.45) is 0 Å². The predicted molar refractivity (Wildman–Crippen MR) is 159 cm³/mol. The average Bonchev–Trinajstić information content (AvgIpc) is 3.59. The molecule has 1 fully saturated rings. The molecule has 1 N–H and O–H groups in total. The molecule has 41 heavy (non-hydrogen) atoms. The molecule has 6 rings (SSSR count). The Labute approximate surface area is 242 Å². The maximum Gasteiger partial charge on any atom is 0.259 e. The molecular formula is C30H29ClN8O2. The first-order valence-corrected chi connectivity index (χ1v) is 13.8. The molecular weight excluding hydrogens is 540 g/mol. The molecule has 208 valence electrons. The average molecular weight is 569 g/mol. The molecule has 0 bridgehead atoms. The van der Waals surface area contributed by atoms with E-state index < -0.39 is 0 Å². The Morgan fingerprint density at radius 2 is 1.83 bits per heavy atom. The van der Waals surface area contributed by atoms with Crippen LogP contribution >= 0.6 is 11.6 Å². The SMILES string of the molecule is C=CCNc1nc(N2CCN(C(=O)c3c(-c4ccccc4Cl)noc3C)CC2)nc2c1ncn2Cc1ccccc1. The second-order valence-electron chi connectivity index (χ2n) is 9.79. The lowest BCUT2D eigenvalue weighted by atomic mass is 10.0. The van der Waals surface area contributed by atoms with Crippen LogP contribution in [0.3, 0.4) is 0 Å². The quantitative estimate of drug-likeness (QED) is 0.259. The third-order valence-electron chi connectivity index (χ3n) is 7.12. The number of amides is 1. The largest absolute Gasteiger partial charge is 0.365 e. The Hall–Kier alpha value is -4.70. The number of anilines is 2. The van der Waals surface area contributed by atoms with Crippen LogP contribution in [0.15, 0.2) is 78.1 Å². The number of benzene rings is 2. The second kappa shape index (κ2) is 11.4. The van der Waals surface area contributed by atoms with E-state index in [1.807, 2.05) is 45.9 Å². The van der Waals surface area contributed by atoms with E-state index in [2.05, 4.69) is 39.1 Å². The van der Waals surface area contributed by atoms with Crippen LogP contribution in [0.4, 0.5) is 11.8 Å². The highest BCUT2D eigenvalue weighted by Crippen LogP contribution is 2.32. The van der Waals surface area contributed by atoms with Gasteiger partial charge in [-0.05, 0) is 18.6 Å². The van der Waals surface area contributed by atoms with Gasteiger partial charge in [0, 0.05) is 38.3 Å². The highest BCUT2D eigenvalue weighted by Gasteiger charge is 2.30. The van der Waals surface area contributed by atoms with E-state index in [1.54, 1.807) is 25.4 Å². The molecule has 0 radical (unpaired) electrons. The van der Waals surface area contributed by atoms with Crippen molar-refractivity contribution >= 4 is 40.4 Å². The van der Waals surface area contributed by atoms with Crippen molar-refractivity contribution in [1.82, 2.24) is 29.6 Å². The molecule has 1 aliphatic rings. The molecule has 3 aromatic heterocycles. The van der Waals surface area contributed by atoms with E-state index in [4.69, 9.17) is 26.1 Å². The zero-order valence-electron chi connectivity index (χ0n) is 22.6. The van der Waals surface area contributed by atoms with Crippen LogP contribution in [0.5, 0.6) is 0 Å². The van der Waals surface area contributed by atoms with E-state index in [0.29, 0.717) is 84.2 Å². The minimum Gasteiger partial charge on any atom is -0.365 e. The lowest BCUT2D eigenvalue weighted by Crippen LogP contribution is -2.49. The van der Waals surface area contributed by atoms with E-state index >= 15 is 0 Å².